The van der Waals surface area contributed by atoms with Crippen molar-refractivity contribution in [1.29, 1.82) is 0 Å². The van der Waals surface area contributed by atoms with Crippen molar-refractivity contribution in [2.45, 2.75) is 13.3 Å². The molecule has 0 N–H and O–H groups in total. The van der Waals surface area contributed by atoms with Gasteiger partial charge in [0.05, 0.1) is 0 Å². The highest BCUT2D eigenvalue weighted by Gasteiger charge is 2.12. The SMILES string of the molecule is CCc1cccc(-c2ccc(N(C)C)cc2)c1-c1ccc(N(C)C)cc1. The highest BCUT2D eigenvalue weighted by Crippen LogP contribution is 2.36. The molecule has 3 rings (SSSR count). The second-order valence-electron chi connectivity index (χ2n) is 7.08. The lowest BCUT2D eigenvalue weighted by molar-refractivity contribution is 1.13. The molecule has 0 aromatic heterocycles. The fourth-order valence-electron chi connectivity index (χ4n) is 3.34. The Labute approximate surface area is 157 Å². The van der Waals surface area contributed by atoms with Gasteiger partial charge in [-0.1, -0.05) is 49.4 Å². The standard InChI is InChI=1S/C24H28N2/c1-6-18-8-7-9-23(19-10-14-21(15-11-19)25(2)3)24(18)20-12-16-22(17-13-20)26(4)5/h7-17H,6H2,1-5H3. The Balaban J connectivity index is 2.12. The van der Waals surface area contributed by atoms with E-state index in [1.54, 1.807) is 0 Å². The van der Waals surface area contributed by atoms with Gasteiger partial charge in [0.15, 0.2) is 0 Å². The van der Waals surface area contributed by atoms with Crippen LogP contribution in [0.15, 0.2) is 66.7 Å². The molecule has 2 nitrogen and oxygen atoms in total. The summed E-state index contributed by atoms with van der Waals surface area (Å²) in [5.74, 6) is 0. The highest BCUT2D eigenvalue weighted by molar-refractivity contribution is 5.86. The number of nitrogens with zero attached hydrogens (tertiary/aromatic N) is 2. The molecule has 0 aliphatic rings. The third kappa shape index (κ3) is 3.60. The van der Waals surface area contributed by atoms with Gasteiger partial charge in [-0.25, -0.2) is 0 Å². The van der Waals surface area contributed by atoms with Crippen LogP contribution in [-0.2, 0) is 6.42 Å². The zero-order chi connectivity index (χ0) is 18.7. The monoisotopic (exact) mass is 344 g/mol. The Morgan fingerprint density at radius 3 is 1.58 bits per heavy atom. The van der Waals surface area contributed by atoms with Crippen molar-refractivity contribution in [2.24, 2.45) is 0 Å². The van der Waals surface area contributed by atoms with Crippen LogP contribution in [0, 0.1) is 0 Å². The van der Waals surface area contributed by atoms with Gasteiger partial charge in [-0.3, -0.25) is 0 Å². The van der Waals surface area contributed by atoms with Gasteiger partial charge in [0, 0.05) is 39.6 Å². The lowest BCUT2D eigenvalue weighted by Crippen LogP contribution is -2.08. The summed E-state index contributed by atoms with van der Waals surface area (Å²) >= 11 is 0. The quantitative estimate of drug-likeness (QED) is 0.584. The Hall–Kier alpha value is -2.74. The second-order valence-corrected chi connectivity index (χ2v) is 7.08. The molecule has 0 spiro atoms. The lowest BCUT2D eigenvalue weighted by atomic mass is 9.89. The minimum Gasteiger partial charge on any atom is -0.378 e. The van der Waals surface area contributed by atoms with Crippen molar-refractivity contribution in [3.05, 3.63) is 72.3 Å². The van der Waals surface area contributed by atoms with E-state index in [9.17, 15) is 0 Å². The smallest absolute Gasteiger partial charge is 0.0361 e. The Kier molecular flexibility index (Phi) is 5.32. The van der Waals surface area contributed by atoms with Crippen LogP contribution >= 0.6 is 0 Å². The number of aryl methyl sites for hydroxylation is 1. The molecular weight excluding hydrogens is 316 g/mol. The first-order valence-electron chi connectivity index (χ1n) is 9.18. The first-order chi connectivity index (χ1) is 12.5. The zero-order valence-corrected chi connectivity index (χ0v) is 16.5. The maximum Gasteiger partial charge on any atom is 0.0361 e. The average molecular weight is 345 g/mol. The van der Waals surface area contributed by atoms with E-state index < -0.39 is 0 Å². The summed E-state index contributed by atoms with van der Waals surface area (Å²) in [7, 11) is 8.30. The number of hydrogen-bond acceptors (Lipinski definition) is 2. The van der Waals surface area contributed by atoms with Gasteiger partial charge in [0.25, 0.3) is 0 Å². The van der Waals surface area contributed by atoms with Gasteiger partial charge in [-0.05, 0) is 58.5 Å². The van der Waals surface area contributed by atoms with Crippen LogP contribution in [0.4, 0.5) is 11.4 Å². The molecule has 0 atom stereocenters. The Morgan fingerprint density at radius 2 is 1.12 bits per heavy atom. The molecule has 26 heavy (non-hydrogen) atoms. The van der Waals surface area contributed by atoms with Gasteiger partial charge in [0.1, 0.15) is 0 Å². The summed E-state index contributed by atoms with van der Waals surface area (Å²) in [6.45, 7) is 2.23. The molecule has 3 aromatic rings. The Morgan fingerprint density at radius 1 is 0.615 bits per heavy atom. The summed E-state index contributed by atoms with van der Waals surface area (Å²) in [5.41, 5.74) is 9.01. The molecule has 0 saturated carbocycles. The van der Waals surface area contributed by atoms with Crippen molar-refractivity contribution in [2.75, 3.05) is 38.0 Å². The van der Waals surface area contributed by atoms with E-state index in [1.165, 1.54) is 39.2 Å². The van der Waals surface area contributed by atoms with E-state index in [2.05, 4.69) is 112 Å². The number of benzene rings is 3. The van der Waals surface area contributed by atoms with E-state index in [4.69, 9.17) is 0 Å². The molecule has 0 radical (unpaired) electrons. The van der Waals surface area contributed by atoms with Crippen molar-refractivity contribution >= 4 is 11.4 Å². The molecule has 134 valence electrons. The van der Waals surface area contributed by atoms with E-state index in [0.717, 1.165) is 6.42 Å². The van der Waals surface area contributed by atoms with Crippen molar-refractivity contribution in [3.63, 3.8) is 0 Å². The molecule has 0 amide bonds. The van der Waals surface area contributed by atoms with Crippen molar-refractivity contribution in [1.82, 2.24) is 0 Å². The van der Waals surface area contributed by atoms with Crippen LogP contribution in [0.1, 0.15) is 12.5 Å². The summed E-state index contributed by atoms with van der Waals surface area (Å²) in [6, 6.07) is 24.3. The molecule has 0 bridgehead atoms. The molecule has 3 aromatic carbocycles. The molecule has 0 aliphatic carbocycles. The lowest BCUT2D eigenvalue weighted by Gasteiger charge is -2.18. The van der Waals surface area contributed by atoms with E-state index >= 15 is 0 Å². The highest BCUT2D eigenvalue weighted by atomic mass is 15.1. The first kappa shape index (κ1) is 18.1. The van der Waals surface area contributed by atoms with Crippen LogP contribution < -0.4 is 9.80 Å². The summed E-state index contributed by atoms with van der Waals surface area (Å²) in [5, 5.41) is 0. The summed E-state index contributed by atoms with van der Waals surface area (Å²) in [6.07, 6.45) is 1.02. The second kappa shape index (κ2) is 7.65. The van der Waals surface area contributed by atoms with Gasteiger partial charge >= 0.3 is 0 Å². The van der Waals surface area contributed by atoms with Gasteiger partial charge in [0.2, 0.25) is 0 Å². The first-order valence-corrected chi connectivity index (χ1v) is 9.18. The maximum absolute atomic E-state index is 2.24. The fourth-order valence-corrected chi connectivity index (χ4v) is 3.34. The molecule has 0 saturated heterocycles. The van der Waals surface area contributed by atoms with E-state index in [1.807, 2.05) is 0 Å². The van der Waals surface area contributed by atoms with Crippen molar-refractivity contribution < 1.29 is 0 Å². The molecule has 0 heterocycles. The van der Waals surface area contributed by atoms with E-state index in [-0.39, 0.29) is 0 Å². The third-order valence-corrected chi connectivity index (χ3v) is 4.90. The average Bonchev–Trinajstić information content (AvgIpc) is 2.67. The minimum absolute atomic E-state index is 1.02. The van der Waals surface area contributed by atoms with Gasteiger partial charge in [-0.15, -0.1) is 0 Å². The van der Waals surface area contributed by atoms with Crippen LogP contribution in [0.2, 0.25) is 0 Å². The van der Waals surface area contributed by atoms with Crippen LogP contribution in [0.25, 0.3) is 22.3 Å². The Bertz CT molecular complexity index is 860. The van der Waals surface area contributed by atoms with Crippen LogP contribution in [-0.4, -0.2) is 28.2 Å². The maximum atomic E-state index is 2.24. The number of hydrogen-bond donors (Lipinski definition) is 0. The normalized spacial score (nSPS) is 10.7. The van der Waals surface area contributed by atoms with Gasteiger partial charge < -0.3 is 9.80 Å². The number of rotatable bonds is 5. The molecular formula is C24H28N2. The fraction of sp³-hybridized carbons (Fsp3) is 0.250. The van der Waals surface area contributed by atoms with E-state index in [0.29, 0.717) is 0 Å². The third-order valence-electron chi connectivity index (χ3n) is 4.90. The predicted molar refractivity (Wildman–Crippen MR) is 115 cm³/mol. The molecule has 0 unspecified atom stereocenters. The molecule has 0 fully saturated rings. The van der Waals surface area contributed by atoms with Gasteiger partial charge in [-0.2, -0.15) is 0 Å². The topological polar surface area (TPSA) is 6.48 Å². The van der Waals surface area contributed by atoms with Crippen LogP contribution in [0.5, 0.6) is 0 Å². The number of anilines is 2. The van der Waals surface area contributed by atoms with Crippen LogP contribution in [0.3, 0.4) is 0 Å². The molecule has 2 heteroatoms. The minimum atomic E-state index is 1.02. The van der Waals surface area contributed by atoms with Crippen molar-refractivity contribution in [3.8, 4) is 22.3 Å². The largest absolute Gasteiger partial charge is 0.378 e. The molecule has 0 aliphatic heterocycles. The summed E-state index contributed by atoms with van der Waals surface area (Å²) < 4.78 is 0. The zero-order valence-electron chi connectivity index (χ0n) is 16.5. The summed E-state index contributed by atoms with van der Waals surface area (Å²) in [4.78, 5) is 4.27. The predicted octanol–water partition coefficient (Wildman–Crippen LogP) is 5.72.